The average Bonchev–Trinajstić information content (AvgIpc) is 2.78. The summed E-state index contributed by atoms with van der Waals surface area (Å²) in [4.78, 5) is 2.36. The summed E-state index contributed by atoms with van der Waals surface area (Å²) in [5.74, 6) is 0.761. The third kappa shape index (κ3) is 4.60. The predicted molar refractivity (Wildman–Crippen MR) is 85.8 cm³/mol. The third-order valence-electron chi connectivity index (χ3n) is 4.25. The van der Waals surface area contributed by atoms with Crippen LogP contribution >= 0.6 is 0 Å². The Morgan fingerprint density at radius 3 is 2.40 bits per heavy atom. The highest BCUT2D eigenvalue weighted by molar-refractivity contribution is 5.16. The molecule has 0 radical (unpaired) electrons. The predicted octanol–water partition coefficient (Wildman–Crippen LogP) is 2.44. The molecule has 0 bridgehead atoms. The van der Waals surface area contributed by atoms with Crippen molar-refractivity contribution in [3.05, 3.63) is 17.5 Å². The van der Waals surface area contributed by atoms with Gasteiger partial charge in [0.1, 0.15) is 0 Å². The number of hydrogen-bond acceptors (Lipinski definition) is 3. The maximum absolute atomic E-state index is 4.50. The minimum Gasteiger partial charge on any atom is -0.311 e. The molecular formula is C16H32N4. The largest absolute Gasteiger partial charge is 0.311 e. The Balaban J connectivity index is 2.55. The van der Waals surface area contributed by atoms with Gasteiger partial charge < -0.3 is 10.2 Å². The SMILES string of the molecule is CCc1nn(C)cc1CNCC(C(CC)CC)N(C)C. The van der Waals surface area contributed by atoms with Gasteiger partial charge in [0.15, 0.2) is 0 Å². The molecule has 1 atom stereocenters. The van der Waals surface area contributed by atoms with E-state index in [0.29, 0.717) is 6.04 Å². The molecule has 0 aliphatic heterocycles. The van der Waals surface area contributed by atoms with Gasteiger partial charge in [0, 0.05) is 37.9 Å². The maximum Gasteiger partial charge on any atom is 0.0666 e. The van der Waals surface area contributed by atoms with Gasteiger partial charge in [-0.15, -0.1) is 0 Å². The number of aryl methyl sites for hydroxylation is 2. The Morgan fingerprint density at radius 1 is 1.25 bits per heavy atom. The van der Waals surface area contributed by atoms with E-state index in [0.717, 1.165) is 25.4 Å². The van der Waals surface area contributed by atoms with Crippen molar-refractivity contribution in [1.82, 2.24) is 20.0 Å². The van der Waals surface area contributed by atoms with Crippen molar-refractivity contribution in [2.24, 2.45) is 13.0 Å². The van der Waals surface area contributed by atoms with Gasteiger partial charge in [-0.05, 0) is 26.4 Å². The summed E-state index contributed by atoms with van der Waals surface area (Å²) >= 11 is 0. The molecule has 4 nitrogen and oxygen atoms in total. The van der Waals surface area contributed by atoms with E-state index in [4.69, 9.17) is 0 Å². The molecule has 0 saturated heterocycles. The number of nitrogens with zero attached hydrogens (tertiary/aromatic N) is 3. The standard InChI is InChI=1S/C16H32N4/c1-7-13(8-2)16(19(4)5)11-17-10-14-12-20(6)18-15(14)9-3/h12-13,16-17H,7-11H2,1-6H3. The van der Waals surface area contributed by atoms with E-state index in [1.165, 1.54) is 24.1 Å². The van der Waals surface area contributed by atoms with Gasteiger partial charge >= 0.3 is 0 Å². The van der Waals surface area contributed by atoms with Crippen LogP contribution in [0, 0.1) is 5.92 Å². The molecule has 0 aromatic carbocycles. The zero-order chi connectivity index (χ0) is 15.1. The molecule has 1 N–H and O–H groups in total. The number of likely N-dealkylation sites (N-methyl/N-ethyl adjacent to an activating group) is 1. The fourth-order valence-electron chi connectivity index (χ4n) is 2.99. The van der Waals surface area contributed by atoms with E-state index >= 15 is 0 Å². The first kappa shape index (κ1) is 17.2. The average molecular weight is 280 g/mol. The van der Waals surface area contributed by atoms with Crippen molar-refractivity contribution in [2.75, 3.05) is 20.6 Å². The normalized spacial score (nSPS) is 13.4. The lowest BCUT2D eigenvalue weighted by molar-refractivity contribution is 0.194. The summed E-state index contributed by atoms with van der Waals surface area (Å²) in [6, 6.07) is 0.603. The summed E-state index contributed by atoms with van der Waals surface area (Å²) in [6.07, 6.45) is 5.62. The zero-order valence-electron chi connectivity index (χ0n) is 14.1. The smallest absolute Gasteiger partial charge is 0.0666 e. The van der Waals surface area contributed by atoms with Crippen LogP contribution in [0.25, 0.3) is 0 Å². The molecule has 0 saturated carbocycles. The van der Waals surface area contributed by atoms with Crippen LogP contribution in [0.5, 0.6) is 0 Å². The van der Waals surface area contributed by atoms with Crippen molar-refractivity contribution < 1.29 is 0 Å². The van der Waals surface area contributed by atoms with Crippen molar-refractivity contribution in [3.63, 3.8) is 0 Å². The van der Waals surface area contributed by atoms with Gasteiger partial charge in [-0.1, -0.05) is 33.6 Å². The molecule has 0 aliphatic rings. The molecule has 0 amide bonds. The van der Waals surface area contributed by atoms with Gasteiger partial charge in [0.2, 0.25) is 0 Å². The molecule has 1 unspecified atom stereocenters. The van der Waals surface area contributed by atoms with Gasteiger partial charge in [0.25, 0.3) is 0 Å². The van der Waals surface area contributed by atoms with Crippen molar-refractivity contribution >= 4 is 0 Å². The maximum atomic E-state index is 4.50. The van der Waals surface area contributed by atoms with Crippen LogP contribution in [0.2, 0.25) is 0 Å². The number of aromatic nitrogens is 2. The van der Waals surface area contributed by atoms with Gasteiger partial charge in [-0.25, -0.2) is 0 Å². The van der Waals surface area contributed by atoms with Crippen LogP contribution in [0.1, 0.15) is 44.9 Å². The molecule has 0 fully saturated rings. The van der Waals surface area contributed by atoms with Crippen molar-refractivity contribution in [1.29, 1.82) is 0 Å². The summed E-state index contributed by atoms with van der Waals surface area (Å²) in [5, 5.41) is 8.12. The van der Waals surface area contributed by atoms with Crippen molar-refractivity contribution in [2.45, 2.75) is 52.6 Å². The first-order valence-electron chi connectivity index (χ1n) is 7.91. The van der Waals surface area contributed by atoms with Crippen LogP contribution in [0.3, 0.4) is 0 Å². The highest BCUT2D eigenvalue weighted by Crippen LogP contribution is 2.16. The Kier molecular flexibility index (Phi) is 7.24. The van der Waals surface area contributed by atoms with E-state index in [2.05, 4.69) is 56.4 Å². The molecule has 0 aliphatic carbocycles. The second-order valence-electron chi connectivity index (χ2n) is 5.87. The van der Waals surface area contributed by atoms with E-state index in [1.807, 2.05) is 11.7 Å². The first-order valence-corrected chi connectivity index (χ1v) is 7.91. The van der Waals surface area contributed by atoms with Gasteiger partial charge in [-0.3, -0.25) is 4.68 Å². The monoisotopic (exact) mass is 280 g/mol. The highest BCUT2D eigenvalue weighted by atomic mass is 15.3. The van der Waals surface area contributed by atoms with E-state index < -0.39 is 0 Å². The molecule has 1 rings (SSSR count). The summed E-state index contributed by atoms with van der Waals surface area (Å²) in [7, 11) is 6.37. The summed E-state index contributed by atoms with van der Waals surface area (Å²) in [5.41, 5.74) is 2.54. The Bertz CT molecular complexity index is 380. The summed E-state index contributed by atoms with van der Waals surface area (Å²) < 4.78 is 1.92. The van der Waals surface area contributed by atoms with Crippen LogP contribution in [0.4, 0.5) is 0 Å². The molecule has 1 aromatic rings. The lowest BCUT2D eigenvalue weighted by Crippen LogP contribution is -2.42. The number of hydrogen-bond donors (Lipinski definition) is 1. The van der Waals surface area contributed by atoms with E-state index in [9.17, 15) is 0 Å². The molecule has 4 heteroatoms. The number of nitrogens with one attached hydrogen (secondary N) is 1. The molecule has 1 aromatic heterocycles. The van der Waals surface area contributed by atoms with Crippen LogP contribution in [-0.2, 0) is 20.0 Å². The van der Waals surface area contributed by atoms with Crippen LogP contribution in [0.15, 0.2) is 6.20 Å². The first-order chi connectivity index (χ1) is 9.53. The van der Waals surface area contributed by atoms with E-state index in [1.54, 1.807) is 0 Å². The van der Waals surface area contributed by atoms with E-state index in [-0.39, 0.29) is 0 Å². The molecule has 20 heavy (non-hydrogen) atoms. The van der Waals surface area contributed by atoms with Crippen molar-refractivity contribution in [3.8, 4) is 0 Å². The number of rotatable bonds is 9. The zero-order valence-corrected chi connectivity index (χ0v) is 14.1. The van der Waals surface area contributed by atoms with Gasteiger partial charge in [0.05, 0.1) is 5.69 Å². The third-order valence-corrected chi connectivity index (χ3v) is 4.25. The quantitative estimate of drug-likeness (QED) is 0.754. The summed E-state index contributed by atoms with van der Waals surface area (Å²) in [6.45, 7) is 8.71. The highest BCUT2D eigenvalue weighted by Gasteiger charge is 2.20. The molecule has 0 spiro atoms. The van der Waals surface area contributed by atoms with Crippen LogP contribution < -0.4 is 5.32 Å². The van der Waals surface area contributed by atoms with Crippen LogP contribution in [-0.4, -0.2) is 41.4 Å². The molecule has 116 valence electrons. The second kappa shape index (κ2) is 8.42. The topological polar surface area (TPSA) is 33.1 Å². The molecule has 1 heterocycles. The lowest BCUT2D eigenvalue weighted by Gasteiger charge is -2.31. The molecular weight excluding hydrogens is 248 g/mol. The fraction of sp³-hybridized carbons (Fsp3) is 0.812. The van der Waals surface area contributed by atoms with Gasteiger partial charge in [-0.2, -0.15) is 5.10 Å². The minimum absolute atomic E-state index is 0.603. The Labute approximate surface area is 124 Å². The lowest BCUT2D eigenvalue weighted by atomic mass is 9.93. The fourth-order valence-corrected chi connectivity index (χ4v) is 2.99. The second-order valence-corrected chi connectivity index (χ2v) is 5.87. The Morgan fingerprint density at radius 2 is 1.90 bits per heavy atom. The Hall–Kier alpha value is -0.870. The minimum atomic E-state index is 0.603.